The van der Waals surface area contributed by atoms with Gasteiger partial charge in [-0.3, -0.25) is 9.59 Å². The number of nitrogens with zero attached hydrogens (tertiary/aromatic N) is 2. The molecule has 4 rings (SSSR count). The Labute approximate surface area is 177 Å². The van der Waals surface area contributed by atoms with Crippen LogP contribution >= 0.6 is 11.3 Å². The second-order valence-corrected chi connectivity index (χ2v) is 9.39. The molecule has 0 spiro atoms. The number of carbonyl (C=O) groups excluding carboxylic acids is 2. The van der Waals surface area contributed by atoms with E-state index < -0.39 is 0 Å². The SMILES string of the molecule is CC[C@H](C)N(CC(=O)N1CCc2sccc2[C@H]1c1ccccc1C)C(=O)C1CC1. The Morgan fingerprint density at radius 2 is 1.97 bits per heavy atom. The Bertz CT molecular complexity index is 902. The van der Waals surface area contributed by atoms with Gasteiger partial charge in [0.2, 0.25) is 11.8 Å². The largest absolute Gasteiger partial charge is 0.330 e. The molecule has 2 aromatic rings. The van der Waals surface area contributed by atoms with Crippen molar-refractivity contribution in [1.29, 1.82) is 0 Å². The molecule has 2 heterocycles. The molecular formula is C24H30N2O2S. The van der Waals surface area contributed by atoms with E-state index in [1.165, 1.54) is 21.6 Å². The van der Waals surface area contributed by atoms with Crippen LogP contribution in [0.15, 0.2) is 35.7 Å². The molecule has 0 saturated heterocycles. The zero-order chi connectivity index (χ0) is 20.5. The fourth-order valence-corrected chi connectivity index (χ4v) is 5.19. The van der Waals surface area contributed by atoms with Crippen LogP contribution in [0.4, 0.5) is 0 Å². The maximum atomic E-state index is 13.5. The number of hydrogen-bond acceptors (Lipinski definition) is 3. The summed E-state index contributed by atoms with van der Waals surface area (Å²) in [6, 6.07) is 10.5. The monoisotopic (exact) mass is 410 g/mol. The molecule has 1 aliphatic heterocycles. The molecule has 5 heteroatoms. The van der Waals surface area contributed by atoms with Crippen molar-refractivity contribution in [3.63, 3.8) is 0 Å². The highest BCUT2D eigenvalue weighted by Gasteiger charge is 2.38. The first-order valence-electron chi connectivity index (χ1n) is 10.7. The molecule has 1 aromatic carbocycles. The maximum Gasteiger partial charge on any atom is 0.243 e. The molecule has 0 unspecified atom stereocenters. The third-order valence-electron chi connectivity index (χ3n) is 6.41. The maximum absolute atomic E-state index is 13.5. The molecule has 1 fully saturated rings. The average Bonchev–Trinajstić information content (AvgIpc) is 3.47. The Kier molecular flexibility index (Phi) is 5.77. The minimum Gasteiger partial charge on any atom is -0.330 e. The number of hydrogen-bond donors (Lipinski definition) is 0. The summed E-state index contributed by atoms with van der Waals surface area (Å²) in [4.78, 5) is 31.6. The van der Waals surface area contributed by atoms with E-state index in [2.05, 4.69) is 44.4 Å². The van der Waals surface area contributed by atoms with Crippen LogP contribution in [0, 0.1) is 12.8 Å². The number of amides is 2. The minimum absolute atomic E-state index is 0.0596. The Hall–Kier alpha value is -2.14. The second-order valence-electron chi connectivity index (χ2n) is 8.39. The lowest BCUT2D eigenvalue weighted by Crippen LogP contribution is -2.49. The molecule has 2 amide bonds. The number of carbonyl (C=O) groups is 2. The number of thiophene rings is 1. The first-order valence-corrected chi connectivity index (χ1v) is 11.6. The normalized spacial score (nSPS) is 19.6. The molecule has 0 radical (unpaired) electrons. The fraction of sp³-hybridized carbons (Fsp3) is 0.500. The Morgan fingerprint density at radius 3 is 2.66 bits per heavy atom. The second kappa shape index (κ2) is 8.31. The zero-order valence-corrected chi connectivity index (χ0v) is 18.4. The van der Waals surface area contributed by atoms with Gasteiger partial charge >= 0.3 is 0 Å². The van der Waals surface area contributed by atoms with Crippen molar-refractivity contribution < 1.29 is 9.59 Å². The van der Waals surface area contributed by atoms with Crippen LogP contribution in [0.25, 0.3) is 0 Å². The summed E-state index contributed by atoms with van der Waals surface area (Å²) in [6.45, 7) is 7.14. The lowest BCUT2D eigenvalue weighted by molar-refractivity contribution is -0.144. The first kappa shape index (κ1) is 20.1. The first-order chi connectivity index (χ1) is 14.0. The van der Waals surface area contributed by atoms with Crippen LogP contribution in [-0.2, 0) is 16.0 Å². The summed E-state index contributed by atoms with van der Waals surface area (Å²) in [5.41, 5.74) is 3.62. The molecule has 154 valence electrons. The van der Waals surface area contributed by atoms with Gasteiger partial charge in [-0.05, 0) is 67.7 Å². The van der Waals surface area contributed by atoms with Crippen LogP contribution in [0.5, 0.6) is 0 Å². The van der Waals surface area contributed by atoms with Gasteiger partial charge in [-0.25, -0.2) is 0 Å². The minimum atomic E-state index is -0.0616. The van der Waals surface area contributed by atoms with E-state index in [1.54, 1.807) is 11.3 Å². The number of fused-ring (bicyclic) bond motifs is 1. The van der Waals surface area contributed by atoms with Crippen molar-refractivity contribution in [2.24, 2.45) is 5.92 Å². The molecule has 2 atom stereocenters. The van der Waals surface area contributed by atoms with E-state index >= 15 is 0 Å². The van der Waals surface area contributed by atoms with Crippen molar-refractivity contribution in [3.05, 3.63) is 57.3 Å². The van der Waals surface area contributed by atoms with Crippen molar-refractivity contribution in [3.8, 4) is 0 Å². The average molecular weight is 411 g/mol. The number of aryl methyl sites for hydroxylation is 1. The molecule has 1 saturated carbocycles. The molecule has 4 nitrogen and oxygen atoms in total. The molecular weight excluding hydrogens is 380 g/mol. The van der Waals surface area contributed by atoms with E-state index in [1.807, 2.05) is 21.9 Å². The predicted molar refractivity (Wildman–Crippen MR) is 117 cm³/mol. The summed E-state index contributed by atoms with van der Waals surface area (Å²) in [7, 11) is 0. The molecule has 0 bridgehead atoms. The van der Waals surface area contributed by atoms with E-state index in [0.29, 0.717) is 6.54 Å². The smallest absolute Gasteiger partial charge is 0.243 e. The fourth-order valence-electron chi connectivity index (χ4n) is 4.29. The molecule has 1 aliphatic carbocycles. The highest BCUT2D eigenvalue weighted by Crippen LogP contribution is 2.39. The summed E-state index contributed by atoms with van der Waals surface area (Å²) < 4.78 is 0. The van der Waals surface area contributed by atoms with Gasteiger partial charge in [0, 0.05) is 23.4 Å². The predicted octanol–water partition coefficient (Wildman–Crippen LogP) is 4.57. The lowest BCUT2D eigenvalue weighted by Gasteiger charge is -2.39. The Balaban J connectivity index is 1.64. The van der Waals surface area contributed by atoms with Gasteiger partial charge in [-0.15, -0.1) is 11.3 Å². The topological polar surface area (TPSA) is 40.6 Å². The van der Waals surface area contributed by atoms with E-state index in [0.717, 1.165) is 25.7 Å². The van der Waals surface area contributed by atoms with Gasteiger partial charge in [0.05, 0.1) is 6.04 Å². The van der Waals surface area contributed by atoms with Gasteiger partial charge < -0.3 is 9.80 Å². The highest BCUT2D eigenvalue weighted by atomic mass is 32.1. The van der Waals surface area contributed by atoms with Crippen LogP contribution in [0.3, 0.4) is 0 Å². The number of benzene rings is 1. The lowest BCUT2D eigenvalue weighted by atomic mass is 9.90. The van der Waals surface area contributed by atoms with Gasteiger partial charge in [0.25, 0.3) is 0 Å². The van der Waals surface area contributed by atoms with E-state index in [-0.39, 0.29) is 36.4 Å². The van der Waals surface area contributed by atoms with Crippen molar-refractivity contribution in [2.45, 2.75) is 58.5 Å². The van der Waals surface area contributed by atoms with Crippen molar-refractivity contribution in [1.82, 2.24) is 9.80 Å². The van der Waals surface area contributed by atoms with Crippen molar-refractivity contribution >= 4 is 23.2 Å². The van der Waals surface area contributed by atoms with Gasteiger partial charge in [0.15, 0.2) is 0 Å². The van der Waals surface area contributed by atoms with Gasteiger partial charge in [-0.2, -0.15) is 0 Å². The summed E-state index contributed by atoms with van der Waals surface area (Å²) in [5, 5.41) is 2.13. The molecule has 2 aliphatic rings. The molecule has 29 heavy (non-hydrogen) atoms. The zero-order valence-electron chi connectivity index (χ0n) is 17.6. The quantitative estimate of drug-likeness (QED) is 0.700. The van der Waals surface area contributed by atoms with Crippen LogP contribution in [0.1, 0.15) is 60.7 Å². The van der Waals surface area contributed by atoms with Gasteiger partial charge in [0.1, 0.15) is 6.54 Å². The summed E-state index contributed by atoms with van der Waals surface area (Å²) >= 11 is 1.78. The molecule has 0 N–H and O–H groups in total. The van der Waals surface area contributed by atoms with Gasteiger partial charge in [-0.1, -0.05) is 31.2 Å². The van der Waals surface area contributed by atoms with Crippen LogP contribution < -0.4 is 0 Å². The van der Waals surface area contributed by atoms with Crippen LogP contribution in [-0.4, -0.2) is 40.7 Å². The summed E-state index contributed by atoms with van der Waals surface area (Å²) in [6.07, 6.45) is 3.68. The Morgan fingerprint density at radius 1 is 1.21 bits per heavy atom. The third kappa shape index (κ3) is 3.97. The third-order valence-corrected chi connectivity index (χ3v) is 7.40. The summed E-state index contributed by atoms with van der Waals surface area (Å²) in [5.74, 6) is 0.353. The molecule has 1 aromatic heterocycles. The van der Waals surface area contributed by atoms with Crippen LogP contribution in [0.2, 0.25) is 0 Å². The number of rotatable bonds is 6. The van der Waals surface area contributed by atoms with Crippen molar-refractivity contribution in [2.75, 3.05) is 13.1 Å². The van der Waals surface area contributed by atoms with E-state index in [9.17, 15) is 9.59 Å². The van der Waals surface area contributed by atoms with E-state index in [4.69, 9.17) is 0 Å². The highest BCUT2D eigenvalue weighted by molar-refractivity contribution is 7.10. The standard InChI is InChI=1S/C24H30N2O2S/c1-4-17(3)26(24(28)18-9-10-18)15-22(27)25-13-11-21-20(12-14-29-21)23(25)19-8-6-5-7-16(19)2/h5-8,12,14,17-18,23H,4,9-11,13,15H2,1-3H3/t17-,23+/m0/s1.